The quantitative estimate of drug-likeness (QED) is 0.284. The third-order valence-electron chi connectivity index (χ3n) is 6.72. The van der Waals surface area contributed by atoms with Gasteiger partial charge in [-0.25, -0.2) is 8.42 Å². The summed E-state index contributed by atoms with van der Waals surface area (Å²) in [6.07, 6.45) is 0.310. The van der Waals surface area contributed by atoms with Crippen molar-refractivity contribution in [2.24, 2.45) is 0 Å². The highest BCUT2D eigenvalue weighted by atomic mass is 35.5. The standard InChI is InChI=1S/C30H35Cl2N3O4S/c1-6-28(30(37)33-5)34(18-23-9-12-24(31)17-27(23)32)29(36)19-35(25-13-10-22(11-14-25)20(2)3)40(38,39)26-15-7-21(4)8-16-26/h7-17,20,28H,6,18-19H2,1-5H3,(H,33,37). The second-order valence-corrected chi connectivity index (χ2v) is 12.6. The molecular weight excluding hydrogens is 569 g/mol. The minimum atomic E-state index is -4.14. The minimum Gasteiger partial charge on any atom is -0.357 e. The normalized spacial score (nSPS) is 12.2. The van der Waals surface area contributed by atoms with Gasteiger partial charge in [0, 0.05) is 23.6 Å². The van der Waals surface area contributed by atoms with Gasteiger partial charge in [-0.1, -0.05) is 79.9 Å². The van der Waals surface area contributed by atoms with Gasteiger partial charge in [0.15, 0.2) is 0 Å². The number of amides is 2. The van der Waals surface area contributed by atoms with Crippen LogP contribution >= 0.6 is 23.2 Å². The number of nitrogens with zero attached hydrogens (tertiary/aromatic N) is 2. The number of nitrogens with one attached hydrogen (secondary N) is 1. The van der Waals surface area contributed by atoms with Crippen molar-refractivity contribution in [3.63, 3.8) is 0 Å². The lowest BCUT2D eigenvalue weighted by molar-refractivity contribution is -0.140. The molecule has 0 aliphatic rings. The zero-order valence-electron chi connectivity index (χ0n) is 23.3. The highest BCUT2D eigenvalue weighted by Gasteiger charge is 2.33. The van der Waals surface area contributed by atoms with Crippen LogP contribution in [-0.2, 0) is 26.2 Å². The molecule has 0 heterocycles. The molecule has 1 unspecified atom stereocenters. The van der Waals surface area contributed by atoms with Crippen molar-refractivity contribution >= 4 is 50.7 Å². The lowest BCUT2D eigenvalue weighted by Crippen LogP contribution is -2.51. The molecule has 214 valence electrons. The predicted molar refractivity (Wildman–Crippen MR) is 161 cm³/mol. The van der Waals surface area contributed by atoms with Gasteiger partial charge in [-0.2, -0.15) is 0 Å². The molecule has 0 aliphatic carbocycles. The number of anilines is 1. The molecule has 1 atom stereocenters. The Bertz CT molecular complexity index is 1440. The zero-order valence-corrected chi connectivity index (χ0v) is 25.6. The monoisotopic (exact) mass is 603 g/mol. The van der Waals surface area contributed by atoms with Crippen LogP contribution in [0.1, 0.15) is 49.8 Å². The van der Waals surface area contributed by atoms with E-state index in [1.165, 1.54) is 24.1 Å². The Hall–Kier alpha value is -3.07. The Morgan fingerprint density at radius 1 is 0.950 bits per heavy atom. The second-order valence-electron chi connectivity index (χ2n) is 9.87. The van der Waals surface area contributed by atoms with Gasteiger partial charge < -0.3 is 10.2 Å². The maximum absolute atomic E-state index is 14.0. The van der Waals surface area contributed by atoms with Crippen LogP contribution in [0.2, 0.25) is 10.0 Å². The largest absolute Gasteiger partial charge is 0.357 e. The molecule has 7 nitrogen and oxygen atoms in total. The Morgan fingerprint density at radius 3 is 2.10 bits per heavy atom. The Balaban J connectivity index is 2.09. The number of aryl methyl sites for hydroxylation is 1. The molecule has 1 N–H and O–H groups in total. The van der Waals surface area contributed by atoms with Crippen molar-refractivity contribution in [2.75, 3.05) is 17.9 Å². The molecule has 0 saturated heterocycles. The van der Waals surface area contributed by atoms with E-state index in [4.69, 9.17) is 23.2 Å². The van der Waals surface area contributed by atoms with Crippen molar-refractivity contribution in [1.82, 2.24) is 10.2 Å². The van der Waals surface area contributed by atoms with Gasteiger partial charge >= 0.3 is 0 Å². The number of carbonyl (C=O) groups excluding carboxylic acids is 2. The van der Waals surface area contributed by atoms with Crippen LogP contribution in [-0.4, -0.2) is 44.8 Å². The van der Waals surface area contributed by atoms with Crippen LogP contribution in [0, 0.1) is 6.92 Å². The van der Waals surface area contributed by atoms with Crippen molar-refractivity contribution < 1.29 is 18.0 Å². The van der Waals surface area contributed by atoms with Gasteiger partial charge in [-0.3, -0.25) is 13.9 Å². The highest BCUT2D eigenvalue weighted by molar-refractivity contribution is 7.92. The summed E-state index contributed by atoms with van der Waals surface area (Å²) in [5, 5.41) is 3.38. The third-order valence-corrected chi connectivity index (χ3v) is 9.10. The van der Waals surface area contributed by atoms with Crippen molar-refractivity contribution in [1.29, 1.82) is 0 Å². The summed E-state index contributed by atoms with van der Waals surface area (Å²) >= 11 is 12.5. The van der Waals surface area contributed by atoms with Gasteiger partial charge in [0.1, 0.15) is 12.6 Å². The van der Waals surface area contributed by atoms with Gasteiger partial charge in [-0.15, -0.1) is 0 Å². The number of likely N-dealkylation sites (N-methyl/N-ethyl adjacent to an activating group) is 1. The lowest BCUT2D eigenvalue weighted by atomic mass is 10.0. The van der Waals surface area contributed by atoms with Gasteiger partial charge in [0.2, 0.25) is 11.8 Å². The highest BCUT2D eigenvalue weighted by Crippen LogP contribution is 2.28. The molecule has 0 aliphatic heterocycles. The first-order valence-corrected chi connectivity index (χ1v) is 15.2. The lowest BCUT2D eigenvalue weighted by Gasteiger charge is -2.33. The fraction of sp³-hybridized carbons (Fsp3) is 0.333. The number of hydrogen-bond donors (Lipinski definition) is 1. The number of benzene rings is 3. The van der Waals surface area contributed by atoms with Gasteiger partial charge in [0.25, 0.3) is 10.0 Å². The Kier molecular flexibility index (Phi) is 10.6. The average molecular weight is 605 g/mol. The van der Waals surface area contributed by atoms with E-state index in [-0.39, 0.29) is 23.3 Å². The fourth-order valence-electron chi connectivity index (χ4n) is 4.31. The first kappa shape index (κ1) is 31.5. The molecule has 0 bridgehead atoms. The van der Waals surface area contributed by atoms with Crippen LogP contribution in [0.5, 0.6) is 0 Å². The van der Waals surface area contributed by atoms with Crippen LogP contribution < -0.4 is 9.62 Å². The van der Waals surface area contributed by atoms with Crippen LogP contribution in [0.15, 0.2) is 71.6 Å². The number of halogens is 2. The number of hydrogen-bond acceptors (Lipinski definition) is 4. The Morgan fingerprint density at radius 2 is 1.57 bits per heavy atom. The molecule has 2 amide bonds. The molecule has 0 spiro atoms. The van der Waals surface area contributed by atoms with E-state index in [1.54, 1.807) is 49.4 Å². The first-order chi connectivity index (χ1) is 18.9. The summed E-state index contributed by atoms with van der Waals surface area (Å²) < 4.78 is 29.0. The summed E-state index contributed by atoms with van der Waals surface area (Å²) in [5.41, 5.74) is 2.87. The maximum atomic E-state index is 14.0. The summed E-state index contributed by atoms with van der Waals surface area (Å²) in [7, 11) is -2.64. The van der Waals surface area contributed by atoms with E-state index >= 15 is 0 Å². The van der Waals surface area contributed by atoms with Crippen molar-refractivity contribution in [3.05, 3.63) is 93.5 Å². The van der Waals surface area contributed by atoms with E-state index in [0.717, 1.165) is 15.4 Å². The van der Waals surface area contributed by atoms with Crippen LogP contribution in [0.3, 0.4) is 0 Å². The van der Waals surface area contributed by atoms with Crippen LogP contribution in [0.25, 0.3) is 0 Å². The Labute approximate surface area is 247 Å². The molecule has 0 radical (unpaired) electrons. The van der Waals surface area contributed by atoms with Gasteiger partial charge in [0.05, 0.1) is 10.6 Å². The molecule has 10 heteroatoms. The average Bonchev–Trinajstić information content (AvgIpc) is 2.92. The summed E-state index contributed by atoms with van der Waals surface area (Å²) in [6, 6.07) is 17.6. The topological polar surface area (TPSA) is 86.8 Å². The molecule has 40 heavy (non-hydrogen) atoms. The number of carbonyl (C=O) groups is 2. The fourth-order valence-corrected chi connectivity index (χ4v) is 6.19. The van der Waals surface area contributed by atoms with Crippen molar-refractivity contribution in [2.45, 2.75) is 57.5 Å². The van der Waals surface area contributed by atoms with E-state index in [2.05, 4.69) is 5.32 Å². The number of rotatable bonds is 11. The molecule has 3 rings (SSSR count). The third kappa shape index (κ3) is 7.36. The van der Waals surface area contributed by atoms with E-state index in [9.17, 15) is 18.0 Å². The summed E-state index contributed by atoms with van der Waals surface area (Å²) in [4.78, 5) is 28.3. The second kappa shape index (κ2) is 13.5. The van der Waals surface area contributed by atoms with Crippen molar-refractivity contribution in [3.8, 4) is 0 Å². The number of sulfonamides is 1. The zero-order chi connectivity index (χ0) is 29.6. The van der Waals surface area contributed by atoms with E-state index in [1.807, 2.05) is 32.9 Å². The minimum absolute atomic E-state index is 0.00846. The SMILES string of the molecule is CCC(C(=O)NC)N(Cc1ccc(Cl)cc1Cl)C(=O)CN(c1ccc(C(C)C)cc1)S(=O)(=O)c1ccc(C)cc1. The molecule has 0 saturated carbocycles. The maximum Gasteiger partial charge on any atom is 0.264 e. The molecule has 0 fully saturated rings. The van der Waals surface area contributed by atoms with E-state index in [0.29, 0.717) is 27.7 Å². The molecule has 3 aromatic rings. The summed E-state index contributed by atoms with van der Waals surface area (Å²) in [6.45, 7) is 7.22. The van der Waals surface area contributed by atoms with Gasteiger partial charge in [-0.05, 0) is 66.8 Å². The first-order valence-electron chi connectivity index (χ1n) is 13.0. The molecule has 0 aromatic heterocycles. The predicted octanol–water partition coefficient (Wildman–Crippen LogP) is 6.17. The van der Waals surface area contributed by atoms with Crippen LogP contribution in [0.4, 0.5) is 5.69 Å². The molecule has 3 aromatic carbocycles. The smallest absolute Gasteiger partial charge is 0.264 e. The molecular formula is C30H35Cl2N3O4S. The summed E-state index contributed by atoms with van der Waals surface area (Å²) in [5.74, 6) is -0.671. The van der Waals surface area contributed by atoms with E-state index < -0.39 is 28.5 Å².